The Hall–Kier alpha value is -1.98. The van der Waals surface area contributed by atoms with Crippen LogP contribution in [-0.4, -0.2) is 35.4 Å². The molecule has 128 valence electrons. The highest BCUT2D eigenvalue weighted by Gasteiger charge is 2.37. The van der Waals surface area contributed by atoms with E-state index in [1.165, 1.54) is 12.1 Å². The maximum absolute atomic E-state index is 14.0. The zero-order valence-corrected chi connectivity index (χ0v) is 13.4. The third-order valence-corrected chi connectivity index (χ3v) is 4.31. The van der Waals surface area contributed by atoms with E-state index in [4.69, 9.17) is 9.84 Å². The summed E-state index contributed by atoms with van der Waals surface area (Å²) in [4.78, 5) is 2.00. The quantitative estimate of drug-likeness (QED) is 0.880. The molecule has 1 unspecified atom stereocenters. The number of rotatable bonds is 6. The van der Waals surface area contributed by atoms with Gasteiger partial charge in [0.05, 0.1) is 6.61 Å². The molecule has 1 aliphatic heterocycles. The number of hydrogen-bond donors (Lipinski definition) is 1. The lowest BCUT2D eigenvalue weighted by atomic mass is 10.1. The van der Waals surface area contributed by atoms with Crippen molar-refractivity contribution in [3.63, 3.8) is 0 Å². The van der Waals surface area contributed by atoms with Crippen molar-refractivity contribution < 1.29 is 18.6 Å². The minimum Gasteiger partial charge on any atom is -0.489 e. The van der Waals surface area contributed by atoms with Gasteiger partial charge in [-0.25, -0.2) is 8.78 Å². The lowest BCUT2D eigenvalue weighted by molar-refractivity contribution is 0.0769. The molecule has 0 radical (unpaired) electrons. The highest BCUT2D eigenvalue weighted by atomic mass is 19.1. The van der Waals surface area contributed by atoms with Crippen LogP contribution in [0.5, 0.6) is 5.75 Å². The first-order valence-electron chi connectivity index (χ1n) is 8.05. The van der Waals surface area contributed by atoms with Crippen LogP contribution in [-0.2, 0) is 13.2 Å². The van der Waals surface area contributed by atoms with E-state index in [0.717, 1.165) is 16.9 Å². The van der Waals surface area contributed by atoms with Crippen LogP contribution in [0.25, 0.3) is 0 Å². The van der Waals surface area contributed by atoms with Crippen molar-refractivity contribution >= 4 is 0 Å². The topological polar surface area (TPSA) is 32.7 Å². The molecule has 1 saturated heterocycles. The van der Waals surface area contributed by atoms with E-state index < -0.39 is 12.3 Å². The summed E-state index contributed by atoms with van der Waals surface area (Å²) in [6.07, 6.45) is 0.377. The van der Waals surface area contributed by atoms with Gasteiger partial charge >= 0.3 is 0 Å². The minimum absolute atomic E-state index is 0.261. The predicted octanol–water partition coefficient (Wildman–Crippen LogP) is 3.31. The van der Waals surface area contributed by atoms with Gasteiger partial charge in [0.2, 0.25) is 0 Å². The average molecular weight is 333 g/mol. The molecule has 1 fully saturated rings. The second-order valence-electron chi connectivity index (χ2n) is 6.33. The van der Waals surface area contributed by atoms with Crippen molar-refractivity contribution in [1.29, 1.82) is 0 Å². The molecule has 1 N–H and O–H groups in total. The fourth-order valence-corrected chi connectivity index (χ4v) is 2.88. The van der Waals surface area contributed by atoms with Crippen molar-refractivity contribution in [1.82, 2.24) is 4.90 Å². The first-order valence-corrected chi connectivity index (χ1v) is 8.05. The molecule has 0 spiro atoms. The van der Waals surface area contributed by atoms with Crippen LogP contribution in [0.1, 0.15) is 17.5 Å². The lowest BCUT2D eigenvalue weighted by Crippen LogP contribution is -2.32. The van der Waals surface area contributed by atoms with Crippen LogP contribution in [0, 0.1) is 5.82 Å². The van der Waals surface area contributed by atoms with Crippen molar-refractivity contribution in [2.75, 3.05) is 19.7 Å². The van der Waals surface area contributed by atoms with Gasteiger partial charge in [-0.1, -0.05) is 24.3 Å². The van der Waals surface area contributed by atoms with E-state index in [2.05, 4.69) is 0 Å². The molecule has 1 aliphatic rings. The number of aliphatic hydroxyl groups excluding tert-OH is 1. The van der Waals surface area contributed by atoms with Gasteiger partial charge in [-0.3, -0.25) is 4.90 Å². The molecule has 2 aromatic carbocycles. The maximum Gasteiger partial charge on any atom is 0.147 e. The highest BCUT2D eigenvalue weighted by Crippen LogP contribution is 2.26. The van der Waals surface area contributed by atoms with Gasteiger partial charge < -0.3 is 9.84 Å². The summed E-state index contributed by atoms with van der Waals surface area (Å²) in [7, 11) is 0. The molecule has 0 amide bonds. The van der Waals surface area contributed by atoms with Crippen LogP contribution in [0.3, 0.4) is 0 Å². The first-order chi connectivity index (χ1) is 11.6. The van der Waals surface area contributed by atoms with E-state index in [0.29, 0.717) is 26.1 Å². The number of benzene rings is 2. The van der Waals surface area contributed by atoms with Gasteiger partial charge in [0.1, 0.15) is 23.8 Å². The Morgan fingerprint density at radius 1 is 1.04 bits per heavy atom. The van der Waals surface area contributed by atoms with E-state index in [1.54, 1.807) is 12.1 Å². The SMILES string of the molecule is OCC1(F)CCN(Cc2ccc(OCc3ccc(F)cc3)cc2)C1. The highest BCUT2D eigenvalue weighted by molar-refractivity contribution is 5.28. The molecule has 0 bridgehead atoms. The van der Waals surface area contributed by atoms with Gasteiger partial charge in [0, 0.05) is 19.6 Å². The van der Waals surface area contributed by atoms with E-state index >= 15 is 0 Å². The molecule has 2 aromatic rings. The predicted molar refractivity (Wildman–Crippen MR) is 88.0 cm³/mol. The molecule has 1 atom stereocenters. The average Bonchev–Trinajstić information content (AvgIpc) is 2.97. The third-order valence-electron chi connectivity index (χ3n) is 4.31. The monoisotopic (exact) mass is 333 g/mol. The largest absolute Gasteiger partial charge is 0.489 e. The summed E-state index contributed by atoms with van der Waals surface area (Å²) in [6, 6.07) is 13.9. The number of alkyl halides is 1. The normalized spacial score (nSPS) is 21.1. The Labute approximate surface area is 140 Å². The van der Waals surface area contributed by atoms with E-state index in [1.807, 2.05) is 29.2 Å². The number of ether oxygens (including phenoxy) is 1. The lowest BCUT2D eigenvalue weighted by Gasteiger charge is -2.18. The van der Waals surface area contributed by atoms with Crippen molar-refractivity contribution in [2.24, 2.45) is 0 Å². The van der Waals surface area contributed by atoms with E-state index in [9.17, 15) is 8.78 Å². The van der Waals surface area contributed by atoms with Crippen LogP contribution in [0.4, 0.5) is 8.78 Å². The van der Waals surface area contributed by atoms with Gasteiger partial charge in [0.15, 0.2) is 0 Å². The molecule has 0 aliphatic carbocycles. The van der Waals surface area contributed by atoms with E-state index in [-0.39, 0.29) is 12.4 Å². The zero-order chi connectivity index (χ0) is 17.0. The van der Waals surface area contributed by atoms with Gasteiger partial charge in [-0.05, 0) is 41.8 Å². The zero-order valence-electron chi connectivity index (χ0n) is 13.4. The third kappa shape index (κ3) is 4.30. The Morgan fingerprint density at radius 2 is 1.71 bits per heavy atom. The molecular weight excluding hydrogens is 312 g/mol. The van der Waals surface area contributed by atoms with Gasteiger partial charge in [-0.15, -0.1) is 0 Å². The molecular formula is C19H21F2NO2. The summed E-state index contributed by atoms with van der Waals surface area (Å²) >= 11 is 0. The van der Waals surface area contributed by atoms with Crippen LogP contribution in [0.2, 0.25) is 0 Å². The van der Waals surface area contributed by atoms with Crippen molar-refractivity contribution in [3.8, 4) is 5.75 Å². The minimum atomic E-state index is -1.46. The molecule has 1 heterocycles. The molecule has 0 saturated carbocycles. The number of aliphatic hydroxyl groups is 1. The molecule has 5 heteroatoms. The Bertz CT molecular complexity index is 660. The Balaban J connectivity index is 1.51. The fraction of sp³-hybridized carbons (Fsp3) is 0.368. The number of halogens is 2. The standard InChI is InChI=1S/C19H21F2NO2/c20-17-5-1-16(2-6-17)12-24-18-7-3-15(4-8-18)11-22-10-9-19(21,13-22)14-23/h1-8,23H,9-14H2. The summed E-state index contributed by atoms with van der Waals surface area (Å²) in [5.41, 5.74) is 0.519. The molecule has 3 nitrogen and oxygen atoms in total. The first kappa shape index (κ1) is 16.9. The summed E-state index contributed by atoms with van der Waals surface area (Å²) in [5, 5.41) is 9.07. The Morgan fingerprint density at radius 3 is 2.33 bits per heavy atom. The fourth-order valence-electron chi connectivity index (χ4n) is 2.88. The smallest absolute Gasteiger partial charge is 0.147 e. The van der Waals surface area contributed by atoms with Crippen molar-refractivity contribution in [3.05, 3.63) is 65.5 Å². The molecule has 24 heavy (non-hydrogen) atoms. The number of hydrogen-bond acceptors (Lipinski definition) is 3. The molecule has 0 aromatic heterocycles. The number of nitrogens with zero attached hydrogens (tertiary/aromatic N) is 1. The van der Waals surface area contributed by atoms with Crippen LogP contribution in [0.15, 0.2) is 48.5 Å². The van der Waals surface area contributed by atoms with Crippen LogP contribution >= 0.6 is 0 Å². The van der Waals surface area contributed by atoms with Gasteiger partial charge in [-0.2, -0.15) is 0 Å². The second-order valence-corrected chi connectivity index (χ2v) is 6.33. The summed E-state index contributed by atoms with van der Waals surface area (Å²) in [6.45, 7) is 1.54. The Kier molecular flexibility index (Phi) is 5.11. The maximum atomic E-state index is 14.0. The second kappa shape index (κ2) is 7.28. The summed E-state index contributed by atoms with van der Waals surface area (Å²) in [5.74, 6) is 0.475. The van der Waals surface area contributed by atoms with Crippen LogP contribution < -0.4 is 4.74 Å². The summed E-state index contributed by atoms with van der Waals surface area (Å²) < 4.78 is 32.5. The molecule has 3 rings (SSSR count). The van der Waals surface area contributed by atoms with Gasteiger partial charge in [0.25, 0.3) is 0 Å². The van der Waals surface area contributed by atoms with Crippen molar-refractivity contribution in [2.45, 2.75) is 25.2 Å². The number of likely N-dealkylation sites (tertiary alicyclic amines) is 1.